The Morgan fingerprint density at radius 1 is 1.13 bits per heavy atom. The fourth-order valence-electron chi connectivity index (χ4n) is 4.12. The highest BCUT2D eigenvalue weighted by Crippen LogP contribution is 2.31. The average molecular weight is 504 g/mol. The average Bonchev–Trinajstić information content (AvgIpc) is 2.96. The van der Waals surface area contributed by atoms with E-state index in [0.29, 0.717) is 33.3 Å². The van der Waals surface area contributed by atoms with Crippen molar-refractivity contribution in [3.05, 3.63) is 61.4 Å². The lowest BCUT2D eigenvalue weighted by molar-refractivity contribution is 0.100. The molecule has 0 saturated carbocycles. The first-order chi connectivity index (χ1) is 14.3. The van der Waals surface area contributed by atoms with Gasteiger partial charge >= 0.3 is 5.69 Å². The third-order valence-electron chi connectivity index (χ3n) is 5.73. The molecule has 166 valence electrons. The van der Waals surface area contributed by atoms with Gasteiger partial charge in [-0.25, -0.2) is 4.79 Å². The van der Waals surface area contributed by atoms with Crippen LogP contribution in [0.5, 0.6) is 0 Å². The minimum atomic E-state index is -0.607. The van der Waals surface area contributed by atoms with E-state index in [9.17, 15) is 9.59 Å². The molecule has 1 amide bonds. The molecule has 1 atom stereocenters. The number of benzene rings is 2. The summed E-state index contributed by atoms with van der Waals surface area (Å²) in [6.07, 6.45) is 3.24. The number of hydrogen-bond donors (Lipinski definition) is 1. The van der Waals surface area contributed by atoms with E-state index < -0.39 is 5.91 Å². The molecule has 1 aliphatic heterocycles. The number of carbonyl (C=O) groups excluding carboxylic acids is 1. The molecule has 6 nitrogen and oxygen atoms in total. The fraction of sp³-hybridized carbons (Fsp3) is 0.333. The maximum absolute atomic E-state index is 13.6. The molecule has 1 fully saturated rings. The van der Waals surface area contributed by atoms with E-state index in [-0.39, 0.29) is 34.7 Å². The lowest BCUT2D eigenvalue weighted by Crippen LogP contribution is -2.41. The van der Waals surface area contributed by atoms with Crippen molar-refractivity contribution in [1.82, 2.24) is 14.0 Å². The first-order valence-corrected chi connectivity index (χ1v) is 10.8. The summed E-state index contributed by atoms with van der Waals surface area (Å²) >= 11 is 19.0. The van der Waals surface area contributed by atoms with Crippen LogP contribution in [0.3, 0.4) is 0 Å². The third kappa shape index (κ3) is 4.45. The van der Waals surface area contributed by atoms with Gasteiger partial charge < -0.3 is 10.6 Å². The molecule has 0 spiro atoms. The summed E-state index contributed by atoms with van der Waals surface area (Å²) in [5.74, 6) is -0.607. The largest absolute Gasteiger partial charge is 0.366 e. The Labute approximate surface area is 200 Å². The minimum absolute atomic E-state index is 0. The molecular weight excluding hydrogens is 482 g/mol. The Balaban J connectivity index is 0.00000272. The van der Waals surface area contributed by atoms with Crippen molar-refractivity contribution in [1.29, 1.82) is 0 Å². The lowest BCUT2D eigenvalue weighted by atomic mass is 10.0. The molecule has 2 N–H and O–H groups in total. The Hall–Kier alpha value is -1.70. The molecule has 4 rings (SSSR count). The number of fused-ring (bicyclic) bond motifs is 1. The van der Waals surface area contributed by atoms with Crippen molar-refractivity contribution >= 4 is 64.2 Å². The predicted molar refractivity (Wildman–Crippen MR) is 129 cm³/mol. The van der Waals surface area contributed by atoms with Gasteiger partial charge in [0.1, 0.15) is 0 Å². The van der Waals surface area contributed by atoms with Gasteiger partial charge in [0.2, 0.25) is 5.91 Å². The molecule has 1 saturated heterocycles. The normalized spacial score (nSPS) is 17.0. The zero-order valence-electron chi connectivity index (χ0n) is 16.8. The van der Waals surface area contributed by atoms with E-state index in [1.54, 1.807) is 28.8 Å². The van der Waals surface area contributed by atoms with Crippen LogP contribution in [0.15, 0.2) is 35.1 Å². The number of nitrogens with two attached hydrogens (primary N) is 1. The minimum Gasteiger partial charge on any atom is -0.366 e. The highest BCUT2D eigenvalue weighted by Gasteiger charge is 2.25. The van der Waals surface area contributed by atoms with Crippen LogP contribution in [0.25, 0.3) is 16.7 Å². The van der Waals surface area contributed by atoms with Crippen LogP contribution in [-0.4, -0.2) is 39.6 Å². The van der Waals surface area contributed by atoms with Crippen LogP contribution in [0, 0.1) is 0 Å². The molecule has 1 aromatic heterocycles. The zero-order valence-corrected chi connectivity index (χ0v) is 19.9. The molecule has 10 heteroatoms. The van der Waals surface area contributed by atoms with E-state index in [2.05, 4.69) is 11.9 Å². The van der Waals surface area contributed by atoms with E-state index in [0.717, 1.165) is 25.8 Å². The number of imidazole rings is 1. The number of aromatic nitrogens is 2. The summed E-state index contributed by atoms with van der Waals surface area (Å²) in [6.45, 7) is 1.46. The van der Waals surface area contributed by atoms with Gasteiger partial charge in [0.25, 0.3) is 0 Å². The van der Waals surface area contributed by atoms with Crippen molar-refractivity contribution in [2.45, 2.75) is 31.8 Å². The van der Waals surface area contributed by atoms with Gasteiger partial charge in [0, 0.05) is 23.2 Å². The first-order valence-electron chi connectivity index (χ1n) is 9.68. The molecular formula is C21H22Cl4N4O2. The van der Waals surface area contributed by atoms with E-state index in [1.165, 1.54) is 10.6 Å². The number of hydrogen-bond acceptors (Lipinski definition) is 3. The number of nitrogens with zero attached hydrogens (tertiary/aromatic N) is 3. The smallest absolute Gasteiger partial charge is 0.333 e. The molecule has 0 bridgehead atoms. The number of piperidine rings is 1. The summed E-state index contributed by atoms with van der Waals surface area (Å²) < 4.78 is 3.13. The number of likely N-dealkylation sites (tertiary alicyclic amines) is 1. The van der Waals surface area contributed by atoms with E-state index in [1.807, 2.05) is 0 Å². The standard InChI is InChI=1S/C21H21Cl3N4O2.ClH/c1-26-7-3-2-4-14(26)11-27-18-9-12(20(25)29)8-16(24)19(18)28(21(27)30)17-6-5-13(22)10-15(17)23;/h5-6,8-10,14H,2-4,7,11H2,1H3,(H2,25,29);1H. The van der Waals surface area contributed by atoms with Gasteiger partial charge in [0.15, 0.2) is 0 Å². The summed E-state index contributed by atoms with van der Waals surface area (Å²) in [5, 5.41) is 1.04. The second-order valence-electron chi connectivity index (χ2n) is 7.64. The van der Waals surface area contributed by atoms with Crippen LogP contribution in [0.1, 0.15) is 29.6 Å². The molecule has 0 aliphatic carbocycles. The molecule has 2 heterocycles. The SMILES string of the molecule is CN1CCCCC1Cn1c(=O)n(-c2ccc(Cl)cc2Cl)c2c(Cl)cc(C(N)=O)cc21.Cl. The van der Waals surface area contributed by atoms with Gasteiger partial charge in [-0.05, 0) is 56.8 Å². The Kier molecular flexibility index (Phi) is 7.28. The predicted octanol–water partition coefficient (Wildman–Crippen LogP) is 4.76. The number of halogens is 4. The van der Waals surface area contributed by atoms with Crippen LogP contribution in [0.4, 0.5) is 0 Å². The highest BCUT2D eigenvalue weighted by molar-refractivity contribution is 6.37. The quantitative estimate of drug-likeness (QED) is 0.557. The van der Waals surface area contributed by atoms with Crippen LogP contribution in [-0.2, 0) is 6.54 Å². The highest BCUT2D eigenvalue weighted by atomic mass is 35.5. The Bertz CT molecular complexity index is 1200. The topological polar surface area (TPSA) is 73.3 Å². The lowest BCUT2D eigenvalue weighted by Gasteiger charge is -2.32. The van der Waals surface area contributed by atoms with Crippen molar-refractivity contribution in [3.63, 3.8) is 0 Å². The first kappa shape index (κ1) is 24.0. The number of carbonyl (C=O) groups is 1. The number of rotatable bonds is 4. The third-order valence-corrected chi connectivity index (χ3v) is 6.56. The summed E-state index contributed by atoms with van der Waals surface area (Å²) in [6, 6.07) is 8.22. The second-order valence-corrected chi connectivity index (χ2v) is 8.90. The van der Waals surface area contributed by atoms with Gasteiger partial charge in [-0.15, -0.1) is 12.4 Å². The molecule has 2 aromatic carbocycles. The van der Waals surface area contributed by atoms with Crippen LogP contribution in [0.2, 0.25) is 15.1 Å². The molecule has 1 aliphatic rings. The van der Waals surface area contributed by atoms with Crippen molar-refractivity contribution in [2.75, 3.05) is 13.6 Å². The van der Waals surface area contributed by atoms with Gasteiger partial charge in [0.05, 0.1) is 26.8 Å². The molecule has 31 heavy (non-hydrogen) atoms. The second kappa shape index (κ2) is 9.43. The maximum Gasteiger partial charge on any atom is 0.333 e. The zero-order chi connectivity index (χ0) is 21.6. The van der Waals surface area contributed by atoms with E-state index in [4.69, 9.17) is 40.5 Å². The molecule has 1 unspecified atom stereocenters. The molecule has 3 aromatic rings. The van der Waals surface area contributed by atoms with Gasteiger partial charge in [-0.3, -0.25) is 13.9 Å². The van der Waals surface area contributed by atoms with E-state index >= 15 is 0 Å². The Morgan fingerprint density at radius 2 is 1.87 bits per heavy atom. The van der Waals surface area contributed by atoms with Crippen LogP contribution >= 0.6 is 47.2 Å². The Morgan fingerprint density at radius 3 is 2.52 bits per heavy atom. The number of amides is 1. The van der Waals surface area contributed by atoms with Gasteiger partial charge in [-0.2, -0.15) is 0 Å². The summed E-state index contributed by atoms with van der Waals surface area (Å²) in [4.78, 5) is 27.7. The van der Waals surface area contributed by atoms with Crippen LogP contribution < -0.4 is 11.4 Å². The summed E-state index contributed by atoms with van der Waals surface area (Å²) in [5.41, 5.74) is 6.96. The number of primary amides is 1. The van der Waals surface area contributed by atoms with Gasteiger partial charge in [-0.1, -0.05) is 41.2 Å². The van der Waals surface area contributed by atoms with Crippen molar-refractivity contribution in [3.8, 4) is 5.69 Å². The molecule has 0 radical (unpaired) electrons. The number of likely N-dealkylation sites (N-methyl/N-ethyl adjacent to an activating group) is 1. The van der Waals surface area contributed by atoms with Crippen molar-refractivity contribution < 1.29 is 4.79 Å². The summed E-state index contributed by atoms with van der Waals surface area (Å²) in [7, 11) is 2.06. The van der Waals surface area contributed by atoms with Crippen molar-refractivity contribution in [2.24, 2.45) is 5.73 Å². The fourth-order valence-corrected chi connectivity index (χ4v) is 4.91. The monoisotopic (exact) mass is 502 g/mol. The maximum atomic E-state index is 13.6.